The fourth-order valence-electron chi connectivity index (χ4n) is 6.99. The topological polar surface area (TPSA) is 38.7 Å². The molecule has 0 aliphatic carbocycles. The number of hydrogen-bond donors (Lipinski definition) is 0. The second-order valence-corrected chi connectivity index (χ2v) is 13.3. The van der Waals surface area contributed by atoms with Crippen LogP contribution in [0.3, 0.4) is 0 Å². The van der Waals surface area contributed by atoms with Crippen molar-refractivity contribution in [1.29, 1.82) is 0 Å². The summed E-state index contributed by atoms with van der Waals surface area (Å²) in [7, 11) is 0. The average molecular weight is 872 g/mol. The van der Waals surface area contributed by atoms with E-state index in [1.54, 1.807) is 0 Å². The quantitative estimate of drug-likeness (QED) is 0.128. The number of aryl methyl sites for hydroxylation is 3. The molecular weight excluding hydrogens is 835 g/mol. The van der Waals surface area contributed by atoms with Gasteiger partial charge in [-0.05, 0) is 88.6 Å². The molecule has 0 spiro atoms. The molecule has 54 heavy (non-hydrogen) atoms. The van der Waals surface area contributed by atoms with Crippen LogP contribution >= 0.6 is 0 Å². The Hall–Kier alpha value is -6.06. The van der Waals surface area contributed by atoms with E-state index in [9.17, 15) is 0 Å². The van der Waals surface area contributed by atoms with Gasteiger partial charge in [-0.2, -0.15) is 0 Å². The van der Waals surface area contributed by atoms with Crippen LogP contribution in [-0.4, -0.2) is 15.0 Å². The first kappa shape index (κ1) is 36.3. The molecule has 9 aromatic rings. The first-order valence-corrected chi connectivity index (χ1v) is 17.8. The zero-order valence-corrected chi connectivity index (χ0v) is 32.7. The van der Waals surface area contributed by atoms with E-state index in [0.717, 1.165) is 33.6 Å². The summed E-state index contributed by atoms with van der Waals surface area (Å²) in [6, 6.07) is 59.2. The maximum absolute atomic E-state index is 4.69. The Balaban J connectivity index is 0.000000200. The Morgan fingerprint density at radius 1 is 0.444 bits per heavy atom. The van der Waals surface area contributed by atoms with E-state index < -0.39 is 0 Å². The van der Waals surface area contributed by atoms with E-state index in [-0.39, 0.29) is 20.1 Å². The minimum Gasteiger partial charge on any atom is -0.305 e. The number of benzene rings is 6. The van der Waals surface area contributed by atoms with Crippen LogP contribution in [-0.2, 0) is 20.1 Å². The third kappa shape index (κ3) is 7.68. The van der Waals surface area contributed by atoms with Crippen molar-refractivity contribution in [3.63, 3.8) is 0 Å². The van der Waals surface area contributed by atoms with Crippen molar-refractivity contribution < 1.29 is 20.1 Å². The molecule has 3 nitrogen and oxygen atoms in total. The van der Waals surface area contributed by atoms with Crippen LogP contribution in [0.5, 0.6) is 0 Å². The maximum atomic E-state index is 4.69. The molecule has 0 unspecified atom stereocenters. The van der Waals surface area contributed by atoms with Crippen molar-refractivity contribution in [2.45, 2.75) is 20.8 Å². The number of rotatable bonds is 5. The van der Waals surface area contributed by atoms with Crippen LogP contribution in [0.4, 0.5) is 0 Å². The molecule has 263 valence electrons. The van der Waals surface area contributed by atoms with Gasteiger partial charge in [-0.3, -0.25) is 4.98 Å². The van der Waals surface area contributed by atoms with E-state index >= 15 is 0 Å². The van der Waals surface area contributed by atoms with Crippen molar-refractivity contribution in [3.8, 4) is 55.9 Å². The Labute approximate surface area is 330 Å². The van der Waals surface area contributed by atoms with Crippen molar-refractivity contribution in [2.24, 2.45) is 0 Å². The van der Waals surface area contributed by atoms with Gasteiger partial charge in [-0.25, -0.2) is 0 Å². The van der Waals surface area contributed by atoms with Crippen LogP contribution < -0.4 is 0 Å². The second kappa shape index (κ2) is 16.3. The molecule has 0 bridgehead atoms. The molecule has 0 N–H and O–H groups in total. The summed E-state index contributed by atoms with van der Waals surface area (Å²) in [5.74, 6) is 0. The molecule has 0 saturated carbocycles. The van der Waals surface area contributed by atoms with Crippen molar-refractivity contribution in [3.05, 3.63) is 199 Å². The van der Waals surface area contributed by atoms with E-state index in [2.05, 4.69) is 122 Å². The summed E-state index contributed by atoms with van der Waals surface area (Å²) in [4.78, 5) is 13.6. The van der Waals surface area contributed by atoms with E-state index in [1.807, 2.05) is 91.4 Å². The van der Waals surface area contributed by atoms with E-state index in [1.165, 1.54) is 60.7 Å². The van der Waals surface area contributed by atoms with E-state index in [4.69, 9.17) is 4.98 Å². The average Bonchev–Trinajstić information content (AvgIpc) is 3.21. The molecule has 0 aliphatic heterocycles. The summed E-state index contributed by atoms with van der Waals surface area (Å²) in [5.41, 5.74) is 15.8. The van der Waals surface area contributed by atoms with Crippen molar-refractivity contribution >= 4 is 21.7 Å². The zero-order chi connectivity index (χ0) is 36.1. The van der Waals surface area contributed by atoms with Gasteiger partial charge in [0.15, 0.2) is 0 Å². The molecular formula is C50H37IrN3-2. The first-order valence-electron chi connectivity index (χ1n) is 17.8. The molecule has 3 heterocycles. The molecule has 0 saturated heterocycles. The molecule has 0 atom stereocenters. The number of aromatic nitrogens is 3. The molecule has 0 amide bonds. The number of hydrogen-bond acceptors (Lipinski definition) is 3. The van der Waals surface area contributed by atoms with Crippen molar-refractivity contribution in [2.75, 3.05) is 0 Å². The van der Waals surface area contributed by atoms with Crippen LogP contribution in [0.25, 0.3) is 77.6 Å². The minimum atomic E-state index is 0. The summed E-state index contributed by atoms with van der Waals surface area (Å²) < 4.78 is 0. The Kier molecular flexibility index (Phi) is 11.0. The van der Waals surface area contributed by atoms with Gasteiger partial charge < -0.3 is 9.97 Å². The van der Waals surface area contributed by atoms with Gasteiger partial charge in [0.25, 0.3) is 0 Å². The predicted octanol–water partition coefficient (Wildman–Crippen LogP) is 12.7. The molecule has 6 aromatic carbocycles. The zero-order valence-electron chi connectivity index (χ0n) is 30.3. The third-order valence-corrected chi connectivity index (χ3v) is 9.53. The Morgan fingerprint density at radius 3 is 1.93 bits per heavy atom. The van der Waals surface area contributed by atoms with Crippen LogP contribution in [0.1, 0.15) is 16.7 Å². The monoisotopic (exact) mass is 872 g/mol. The van der Waals surface area contributed by atoms with Gasteiger partial charge >= 0.3 is 0 Å². The number of pyridine rings is 3. The molecule has 0 aliphatic rings. The standard InChI is InChI=1S/C33H25N2.C17H12N.Ir/c1-21-9-12-27-28-7-6-14-35-33(28)20-30(31(27)17-21)26-16-22(2)15-25(18-26)29-19-24(11-10-23(29)3)32-8-4-5-13-34-32;1-2-8-14(9-3-1)15-10-4-5-11-16(15)17-12-6-7-13-18-17;/h4-10,12-20H,1-3H3;1-10,12-13H;/q2*-1;. The molecule has 0 fully saturated rings. The van der Waals surface area contributed by atoms with Crippen LogP contribution in [0, 0.1) is 32.9 Å². The van der Waals surface area contributed by atoms with Gasteiger partial charge in [-0.1, -0.05) is 120 Å². The summed E-state index contributed by atoms with van der Waals surface area (Å²) in [5, 5.41) is 3.69. The largest absolute Gasteiger partial charge is 0.305 e. The summed E-state index contributed by atoms with van der Waals surface area (Å²) in [6.45, 7) is 6.47. The molecule has 3 aromatic heterocycles. The van der Waals surface area contributed by atoms with Crippen LogP contribution in [0.15, 0.2) is 170 Å². The smallest absolute Gasteiger partial charge is 0.0714 e. The van der Waals surface area contributed by atoms with Gasteiger partial charge in [0.05, 0.1) is 5.52 Å². The minimum absolute atomic E-state index is 0. The second-order valence-electron chi connectivity index (χ2n) is 13.3. The fourth-order valence-corrected chi connectivity index (χ4v) is 6.99. The van der Waals surface area contributed by atoms with E-state index in [0.29, 0.717) is 0 Å². The number of fused-ring (bicyclic) bond motifs is 3. The molecule has 9 rings (SSSR count). The van der Waals surface area contributed by atoms with Crippen molar-refractivity contribution in [1.82, 2.24) is 15.0 Å². The Morgan fingerprint density at radius 2 is 1.17 bits per heavy atom. The maximum Gasteiger partial charge on any atom is 0.0714 e. The summed E-state index contributed by atoms with van der Waals surface area (Å²) >= 11 is 0. The van der Waals surface area contributed by atoms with Gasteiger partial charge in [0, 0.05) is 44.1 Å². The normalized spacial score (nSPS) is 10.7. The van der Waals surface area contributed by atoms with Gasteiger partial charge in [-0.15, -0.1) is 59.2 Å². The Bertz CT molecular complexity index is 2630. The number of nitrogens with zero attached hydrogens (tertiary/aromatic N) is 3. The molecule has 1 radical (unpaired) electrons. The predicted molar refractivity (Wildman–Crippen MR) is 220 cm³/mol. The van der Waals surface area contributed by atoms with Crippen LogP contribution in [0.2, 0.25) is 0 Å². The SMILES string of the molecule is Cc1cc(-c2cc(-c3ccccn3)[c-]cc2C)cc(-c2cc3ncccc3c3ccc(C)cc23)c1.[Ir].[c-]1cccc(-c2ccccc2)c1-c1ccccn1. The fraction of sp³-hybridized carbons (Fsp3) is 0.0600. The first-order chi connectivity index (χ1) is 26.0. The third-order valence-electron chi connectivity index (χ3n) is 9.53. The summed E-state index contributed by atoms with van der Waals surface area (Å²) in [6.07, 6.45) is 5.51. The van der Waals surface area contributed by atoms with Gasteiger partial charge in [0.1, 0.15) is 0 Å². The van der Waals surface area contributed by atoms with Gasteiger partial charge in [0.2, 0.25) is 0 Å². The molecule has 4 heteroatoms.